The van der Waals surface area contributed by atoms with E-state index in [-0.39, 0.29) is 0 Å². The molecule has 0 spiro atoms. The first-order valence-electron chi connectivity index (χ1n) is 7.25. The minimum atomic E-state index is 0.303. The summed E-state index contributed by atoms with van der Waals surface area (Å²) in [5.74, 6) is 7.52. The van der Waals surface area contributed by atoms with Crippen molar-refractivity contribution in [3.63, 3.8) is 0 Å². The van der Waals surface area contributed by atoms with E-state index in [0.29, 0.717) is 31.1 Å². The van der Waals surface area contributed by atoms with Crippen molar-refractivity contribution in [1.82, 2.24) is 15.0 Å². The summed E-state index contributed by atoms with van der Waals surface area (Å²) in [7, 11) is 1.63. The smallest absolute Gasteiger partial charge is 0.243 e. The van der Waals surface area contributed by atoms with E-state index in [1.807, 2.05) is 29.2 Å². The quantitative estimate of drug-likeness (QED) is 0.543. The number of ether oxygens (including phenoxy) is 2. The molecule has 1 aromatic carbocycles. The van der Waals surface area contributed by atoms with Gasteiger partial charge in [-0.2, -0.15) is 15.0 Å². The van der Waals surface area contributed by atoms with Crippen LogP contribution in [0.1, 0.15) is 0 Å². The summed E-state index contributed by atoms with van der Waals surface area (Å²) in [6, 6.07) is 7.47. The zero-order chi connectivity index (χ0) is 16.1. The Morgan fingerprint density at radius 3 is 2.43 bits per heavy atom. The summed E-state index contributed by atoms with van der Waals surface area (Å²) < 4.78 is 10.5. The van der Waals surface area contributed by atoms with Crippen LogP contribution in [-0.4, -0.2) is 48.4 Å². The molecule has 0 amide bonds. The number of nitrogens with zero attached hydrogens (tertiary/aromatic N) is 4. The third-order valence-corrected chi connectivity index (χ3v) is 3.39. The van der Waals surface area contributed by atoms with Gasteiger partial charge in [-0.3, -0.25) is 5.43 Å². The minimum Gasteiger partial charge on any atom is -0.497 e. The van der Waals surface area contributed by atoms with Gasteiger partial charge < -0.3 is 19.7 Å². The number of anilines is 4. The molecule has 9 heteroatoms. The number of nitrogens with two attached hydrogens (primary N) is 1. The second kappa shape index (κ2) is 7.07. The molecule has 9 nitrogen and oxygen atoms in total. The third-order valence-electron chi connectivity index (χ3n) is 3.39. The Bertz CT molecular complexity index is 644. The number of aromatic nitrogens is 3. The molecule has 1 aromatic heterocycles. The van der Waals surface area contributed by atoms with E-state index in [4.69, 9.17) is 15.3 Å². The number of rotatable bonds is 5. The van der Waals surface area contributed by atoms with Crippen LogP contribution in [0.25, 0.3) is 0 Å². The van der Waals surface area contributed by atoms with Gasteiger partial charge in [-0.05, 0) is 24.3 Å². The van der Waals surface area contributed by atoms with Crippen molar-refractivity contribution in [2.75, 3.05) is 49.1 Å². The highest BCUT2D eigenvalue weighted by Gasteiger charge is 2.16. The number of benzene rings is 1. The lowest BCUT2D eigenvalue weighted by Crippen LogP contribution is -2.37. The predicted octanol–water partition coefficient (Wildman–Crippen LogP) is 0.746. The second-order valence-electron chi connectivity index (χ2n) is 4.88. The highest BCUT2D eigenvalue weighted by atomic mass is 16.5. The maximum absolute atomic E-state index is 5.46. The average molecular weight is 317 g/mol. The minimum absolute atomic E-state index is 0.303. The number of hydrogen-bond acceptors (Lipinski definition) is 9. The molecule has 0 bridgehead atoms. The lowest BCUT2D eigenvalue weighted by atomic mass is 10.3. The van der Waals surface area contributed by atoms with Crippen molar-refractivity contribution in [2.45, 2.75) is 0 Å². The average Bonchev–Trinajstić information content (AvgIpc) is 2.63. The molecule has 0 saturated carbocycles. The Morgan fingerprint density at radius 2 is 1.78 bits per heavy atom. The zero-order valence-electron chi connectivity index (χ0n) is 12.8. The molecule has 1 saturated heterocycles. The van der Waals surface area contributed by atoms with Gasteiger partial charge in [0, 0.05) is 18.8 Å². The van der Waals surface area contributed by atoms with Crippen LogP contribution >= 0.6 is 0 Å². The van der Waals surface area contributed by atoms with Crippen molar-refractivity contribution >= 4 is 23.5 Å². The Morgan fingerprint density at radius 1 is 1.09 bits per heavy atom. The monoisotopic (exact) mass is 317 g/mol. The van der Waals surface area contributed by atoms with Gasteiger partial charge in [0.1, 0.15) is 5.75 Å². The number of nitrogen functional groups attached to an aromatic ring is 1. The fourth-order valence-electron chi connectivity index (χ4n) is 2.19. The van der Waals surface area contributed by atoms with Gasteiger partial charge in [-0.1, -0.05) is 0 Å². The number of nitrogens with one attached hydrogen (secondary N) is 2. The van der Waals surface area contributed by atoms with Crippen LogP contribution in [0.3, 0.4) is 0 Å². The molecule has 23 heavy (non-hydrogen) atoms. The van der Waals surface area contributed by atoms with Gasteiger partial charge in [0.25, 0.3) is 0 Å². The molecule has 3 rings (SSSR count). The normalized spacial score (nSPS) is 14.4. The number of hydrogen-bond donors (Lipinski definition) is 3. The van der Waals surface area contributed by atoms with E-state index in [9.17, 15) is 0 Å². The standard InChI is InChI=1S/C14H19N7O2/c1-22-11-4-2-10(3-5-11)16-12-17-13(20-15)19-14(18-12)21-6-8-23-9-7-21/h2-5H,6-9,15H2,1H3,(H2,16,17,18,19,20). The van der Waals surface area contributed by atoms with E-state index in [2.05, 4.69) is 25.7 Å². The summed E-state index contributed by atoms with van der Waals surface area (Å²) in [5.41, 5.74) is 3.31. The zero-order valence-corrected chi connectivity index (χ0v) is 12.8. The molecule has 2 aromatic rings. The summed E-state index contributed by atoms with van der Waals surface area (Å²) in [4.78, 5) is 15.0. The van der Waals surface area contributed by atoms with Crippen molar-refractivity contribution < 1.29 is 9.47 Å². The van der Waals surface area contributed by atoms with E-state index in [1.54, 1.807) is 7.11 Å². The Balaban J connectivity index is 1.82. The summed E-state index contributed by atoms with van der Waals surface area (Å²) in [6.45, 7) is 2.77. The van der Waals surface area contributed by atoms with Crippen LogP contribution in [0.15, 0.2) is 24.3 Å². The molecule has 122 valence electrons. The highest BCUT2D eigenvalue weighted by molar-refractivity contribution is 5.56. The fourth-order valence-corrected chi connectivity index (χ4v) is 2.19. The first-order valence-corrected chi connectivity index (χ1v) is 7.25. The number of hydrazine groups is 1. The maximum Gasteiger partial charge on any atom is 0.243 e. The third kappa shape index (κ3) is 3.76. The first kappa shape index (κ1) is 15.3. The molecule has 0 radical (unpaired) electrons. The molecular weight excluding hydrogens is 298 g/mol. The molecule has 0 atom stereocenters. The van der Waals surface area contributed by atoms with Gasteiger partial charge >= 0.3 is 0 Å². The number of morpholine rings is 1. The van der Waals surface area contributed by atoms with Gasteiger partial charge in [0.05, 0.1) is 20.3 Å². The lowest BCUT2D eigenvalue weighted by molar-refractivity contribution is 0.122. The summed E-state index contributed by atoms with van der Waals surface area (Å²) in [6.07, 6.45) is 0. The van der Waals surface area contributed by atoms with Crippen LogP contribution in [0.4, 0.5) is 23.5 Å². The SMILES string of the molecule is COc1ccc(Nc2nc(NN)nc(N3CCOCC3)n2)cc1. The molecular formula is C14H19N7O2. The van der Waals surface area contributed by atoms with Crippen LogP contribution in [0, 0.1) is 0 Å². The Hall–Kier alpha value is -2.65. The van der Waals surface area contributed by atoms with Crippen LogP contribution in [-0.2, 0) is 4.74 Å². The number of methoxy groups -OCH3 is 1. The summed E-state index contributed by atoms with van der Waals surface area (Å²) >= 11 is 0. The van der Waals surface area contributed by atoms with E-state index >= 15 is 0 Å². The second-order valence-corrected chi connectivity index (χ2v) is 4.88. The largest absolute Gasteiger partial charge is 0.497 e. The molecule has 2 heterocycles. The molecule has 1 fully saturated rings. The molecule has 0 unspecified atom stereocenters. The highest BCUT2D eigenvalue weighted by Crippen LogP contribution is 2.20. The van der Waals surface area contributed by atoms with Crippen molar-refractivity contribution in [3.05, 3.63) is 24.3 Å². The van der Waals surface area contributed by atoms with Gasteiger partial charge in [0.2, 0.25) is 17.8 Å². The van der Waals surface area contributed by atoms with Crippen LogP contribution in [0.2, 0.25) is 0 Å². The topological polar surface area (TPSA) is 110 Å². The van der Waals surface area contributed by atoms with Crippen molar-refractivity contribution in [1.29, 1.82) is 0 Å². The maximum atomic E-state index is 5.46. The van der Waals surface area contributed by atoms with E-state index in [1.165, 1.54) is 0 Å². The van der Waals surface area contributed by atoms with Gasteiger partial charge in [0.15, 0.2) is 0 Å². The fraction of sp³-hybridized carbons (Fsp3) is 0.357. The van der Waals surface area contributed by atoms with Crippen LogP contribution < -0.4 is 26.2 Å². The van der Waals surface area contributed by atoms with Crippen molar-refractivity contribution in [2.24, 2.45) is 5.84 Å². The van der Waals surface area contributed by atoms with E-state index < -0.39 is 0 Å². The molecule has 1 aliphatic heterocycles. The Labute approximate surface area is 133 Å². The van der Waals surface area contributed by atoms with Crippen molar-refractivity contribution in [3.8, 4) is 5.75 Å². The van der Waals surface area contributed by atoms with Crippen LogP contribution in [0.5, 0.6) is 5.75 Å². The summed E-state index contributed by atoms with van der Waals surface area (Å²) in [5, 5.41) is 3.14. The predicted molar refractivity (Wildman–Crippen MR) is 86.9 cm³/mol. The molecule has 1 aliphatic rings. The van der Waals surface area contributed by atoms with Gasteiger partial charge in [-0.25, -0.2) is 5.84 Å². The molecule has 4 N–H and O–H groups in total. The van der Waals surface area contributed by atoms with Gasteiger partial charge in [-0.15, -0.1) is 0 Å². The lowest BCUT2D eigenvalue weighted by Gasteiger charge is -2.27. The first-order chi connectivity index (χ1) is 11.3. The van der Waals surface area contributed by atoms with E-state index in [0.717, 1.165) is 24.5 Å². The Kier molecular flexibility index (Phi) is 4.69. The molecule has 0 aliphatic carbocycles.